The number of rotatable bonds is 1. The van der Waals surface area contributed by atoms with E-state index in [1.54, 1.807) is 16.6 Å². The van der Waals surface area contributed by atoms with E-state index in [0.717, 1.165) is 11.1 Å². The third-order valence-electron chi connectivity index (χ3n) is 3.40. The van der Waals surface area contributed by atoms with Gasteiger partial charge in [0, 0.05) is 5.56 Å². The van der Waals surface area contributed by atoms with Crippen LogP contribution in [0.25, 0.3) is 27.8 Å². The number of halogens is 1. The summed E-state index contributed by atoms with van der Waals surface area (Å²) in [7, 11) is 0. The summed E-state index contributed by atoms with van der Waals surface area (Å²) in [6, 6.07) is 14.6. The molecule has 0 aliphatic carbocycles. The van der Waals surface area contributed by atoms with Crippen molar-refractivity contribution in [2.75, 3.05) is 0 Å². The molecular formula is C15H9ClN4O. The SMILES string of the molecule is O=c1nc2c(-c3ccccc3Cl)n[nH]n2c2ccccc12. The Kier molecular flexibility index (Phi) is 2.55. The third-order valence-corrected chi connectivity index (χ3v) is 3.73. The number of benzene rings is 2. The molecule has 5 nitrogen and oxygen atoms in total. The Hall–Kier alpha value is -2.66. The molecule has 0 saturated heterocycles. The molecule has 0 fully saturated rings. The first-order chi connectivity index (χ1) is 10.3. The summed E-state index contributed by atoms with van der Waals surface area (Å²) in [6.07, 6.45) is 0. The zero-order chi connectivity index (χ0) is 14.4. The van der Waals surface area contributed by atoms with Gasteiger partial charge in [-0.05, 0) is 18.2 Å². The van der Waals surface area contributed by atoms with Crippen molar-refractivity contribution in [3.63, 3.8) is 0 Å². The van der Waals surface area contributed by atoms with E-state index in [4.69, 9.17) is 11.6 Å². The van der Waals surface area contributed by atoms with Gasteiger partial charge in [-0.25, -0.2) is 9.73 Å². The van der Waals surface area contributed by atoms with Gasteiger partial charge in [0.1, 0.15) is 5.69 Å². The Bertz CT molecular complexity index is 1030. The van der Waals surface area contributed by atoms with Crippen LogP contribution >= 0.6 is 11.6 Å². The minimum absolute atomic E-state index is 0.277. The molecule has 0 aliphatic heterocycles. The standard InChI is InChI=1S/C15H9ClN4O/c16-11-7-3-1-5-9(11)13-14-17-15(21)10-6-2-4-8-12(10)20(14)19-18-13/h1-8,19H. The van der Waals surface area contributed by atoms with Crippen LogP contribution in [-0.2, 0) is 0 Å². The molecule has 0 atom stereocenters. The topological polar surface area (TPSA) is 63.0 Å². The van der Waals surface area contributed by atoms with Crippen molar-refractivity contribution in [3.8, 4) is 11.3 Å². The Morgan fingerprint density at radius 2 is 1.81 bits per heavy atom. The summed E-state index contributed by atoms with van der Waals surface area (Å²) in [5.41, 5.74) is 2.22. The maximum atomic E-state index is 12.2. The minimum atomic E-state index is -0.277. The van der Waals surface area contributed by atoms with E-state index in [1.807, 2.05) is 36.4 Å². The third kappa shape index (κ3) is 1.75. The van der Waals surface area contributed by atoms with Crippen LogP contribution in [0.5, 0.6) is 0 Å². The highest BCUT2D eigenvalue weighted by molar-refractivity contribution is 6.33. The van der Waals surface area contributed by atoms with Crippen molar-refractivity contribution in [2.24, 2.45) is 0 Å². The Labute approximate surface area is 123 Å². The molecule has 4 aromatic rings. The lowest BCUT2D eigenvalue weighted by molar-refractivity contribution is 0.874. The van der Waals surface area contributed by atoms with Crippen molar-refractivity contribution >= 4 is 28.2 Å². The van der Waals surface area contributed by atoms with Gasteiger partial charge in [-0.2, -0.15) is 10.1 Å². The molecule has 0 spiro atoms. The van der Waals surface area contributed by atoms with E-state index in [-0.39, 0.29) is 5.56 Å². The van der Waals surface area contributed by atoms with Crippen LogP contribution in [0.2, 0.25) is 5.02 Å². The molecule has 6 heteroatoms. The first-order valence-electron chi connectivity index (χ1n) is 6.36. The molecule has 0 radical (unpaired) electrons. The molecule has 0 amide bonds. The lowest BCUT2D eigenvalue weighted by atomic mass is 10.1. The van der Waals surface area contributed by atoms with Crippen molar-refractivity contribution in [1.29, 1.82) is 0 Å². The van der Waals surface area contributed by atoms with Crippen LogP contribution in [-0.4, -0.2) is 19.8 Å². The normalized spacial score (nSPS) is 11.3. The predicted octanol–water partition coefficient (Wildman–Crippen LogP) is 2.89. The van der Waals surface area contributed by atoms with Gasteiger partial charge in [-0.1, -0.05) is 41.9 Å². The second-order valence-electron chi connectivity index (χ2n) is 4.63. The van der Waals surface area contributed by atoms with E-state index >= 15 is 0 Å². The van der Waals surface area contributed by atoms with Gasteiger partial charge in [0.05, 0.1) is 15.9 Å². The molecule has 4 rings (SSSR count). The van der Waals surface area contributed by atoms with Crippen LogP contribution < -0.4 is 5.56 Å². The number of hydrogen-bond donors (Lipinski definition) is 1. The molecule has 2 aromatic heterocycles. The maximum Gasteiger partial charge on any atom is 0.281 e. The molecule has 1 N–H and O–H groups in total. The quantitative estimate of drug-likeness (QED) is 0.587. The highest BCUT2D eigenvalue weighted by Gasteiger charge is 2.15. The molecule has 0 saturated carbocycles. The van der Waals surface area contributed by atoms with Crippen LogP contribution in [0.3, 0.4) is 0 Å². The first kappa shape index (κ1) is 12.1. The van der Waals surface area contributed by atoms with E-state index < -0.39 is 0 Å². The minimum Gasteiger partial charge on any atom is -0.267 e. The van der Waals surface area contributed by atoms with Gasteiger partial charge < -0.3 is 0 Å². The zero-order valence-corrected chi connectivity index (χ0v) is 11.5. The van der Waals surface area contributed by atoms with E-state index in [1.165, 1.54) is 0 Å². The molecule has 102 valence electrons. The maximum absolute atomic E-state index is 12.2. The summed E-state index contributed by atoms with van der Waals surface area (Å²) < 4.78 is 1.69. The van der Waals surface area contributed by atoms with Crippen LogP contribution in [0.1, 0.15) is 0 Å². The molecule has 0 unspecified atom stereocenters. The van der Waals surface area contributed by atoms with Crippen molar-refractivity contribution < 1.29 is 0 Å². The largest absolute Gasteiger partial charge is 0.281 e. The highest BCUT2D eigenvalue weighted by Crippen LogP contribution is 2.28. The van der Waals surface area contributed by atoms with E-state index in [0.29, 0.717) is 21.7 Å². The monoisotopic (exact) mass is 296 g/mol. The smallest absolute Gasteiger partial charge is 0.267 e. The second kappa shape index (κ2) is 4.43. The summed E-state index contributed by atoms with van der Waals surface area (Å²) >= 11 is 6.21. The van der Waals surface area contributed by atoms with Crippen LogP contribution in [0.4, 0.5) is 0 Å². The summed E-state index contributed by atoms with van der Waals surface area (Å²) in [5.74, 6) is 0. The fourth-order valence-electron chi connectivity index (χ4n) is 2.41. The van der Waals surface area contributed by atoms with E-state index in [9.17, 15) is 4.79 Å². The summed E-state index contributed by atoms with van der Waals surface area (Å²) in [5, 5.41) is 8.27. The average Bonchev–Trinajstić information content (AvgIpc) is 2.92. The number of aromatic nitrogens is 4. The van der Waals surface area contributed by atoms with Crippen LogP contribution in [0.15, 0.2) is 53.3 Å². The molecular weight excluding hydrogens is 288 g/mol. The Morgan fingerprint density at radius 1 is 1.05 bits per heavy atom. The number of hydrogen-bond acceptors (Lipinski definition) is 3. The zero-order valence-electron chi connectivity index (χ0n) is 10.7. The summed E-state index contributed by atoms with van der Waals surface area (Å²) in [6.45, 7) is 0. The fraction of sp³-hybridized carbons (Fsp3) is 0. The van der Waals surface area contributed by atoms with Crippen molar-refractivity contribution in [3.05, 3.63) is 63.9 Å². The molecule has 2 aromatic carbocycles. The number of H-pyrrole nitrogens is 1. The van der Waals surface area contributed by atoms with Gasteiger partial charge in [-0.3, -0.25) is 4.79 Å². The number of nitrogens with one attached hydrogen (secondary N) is 1. The predicted molar refractivity (Wildman–Crippen MR) is 81.6 cm³/mol. The first-order valence-corrected chi connectivity index (χ1v) is 6.74. The Morgan fingerprint density at radius 3 is 2.67 bits per heavy atom. The fourth-order valence-corrected chi connectivity index (χ4v) is 2.64. The lowest BCUT2D eigenvalue weighted by Crippen LogP contribution is -2.10. The number of nitrogens with zero attached hydrogens (tertiary/aromatic N) is 3. The molecule has 2 heterocycles. The molecule has 21 heavy (non-hydrogen) atoms. The second-order valence-corrected chi connectivity index (χ2v) is 5.04. The van der Waals surface area contributed by atoms with Gasteiger partial charge in [-0.15, -0.1) is 0 Å². The molecule has 0 aliphatic rings. The average molecular weight is 297 g/mol. The van der Waals surface area contributed by atoms with Crippen LogP contribution in [0, 0.1) is 0 Å². The lowest BCUT2D eigenvalue weighted by Gasteiger charge is -2.01. The van der Waals surface area contributed by atoms with Crippen molar-refractivity contribution in [1.82, 2.24) is 19.8 Å². The number of para-hydroxylation sites is 1. The van der Waals surface area contributed by atoms with Gasteiger partial charge in [0.2, 0.25) is 0 Å². The molecule has 0 bridgehead atoms. The summed E-state index contributed by atoms with van der Waals surface area (Å²) in [4.78, 5) is 16.3. The van der Waals surface area contributed by atoms with Gasteiger partial charge in [0.15, 0.2) is 5.65 Å². The number of fused-ring (bicyclic) bond motifs is 3. The van der Waals surface area contributed by atoms with Gasteiger partial charge in [0.25, 0.3) is 5.56 Å². The van der Waals surface area contributed by atoms with Gasteiger partial charge >= 0.3 is 0 Å². The highest BCUT2D eigenvalue weighted by atomic mass is 35.5. The van der Waals surface area contributed by atoms with Crippen molar-refractivity contribution in [2.45, 2.75) is 0 Å². The van der Waals surface area contributed by atoms with E-state index in [2.05, 4.69) is 15.3 Å². The number of aromatic amines is 1. The Balaban J connectivity index is 2.15.